The van der Waals surface area contributed by atoms with Crippen molar-refractivity contribution < 1.29 is 9.59 Å². The molecule has 0 aromatic carbocycles. The highest BCUT2D eigenvalue weighted by Gasteiger charge is 2.12. The highest BCUT2D eigenvalue weighted by molar-refractivity contribution is 5.76. The van der Waals surface area contributed by atoms with Gasteiger partial charge in [0.2, 0.25) is 11.8 Å². The lowest BCUT2D eigenvalue weighted by Gasteiger charge is -2.23. The number of nitrogens with two attached hydrogens (primary N) is 3. The van der Waals surface area contributed by atoms with Crippen molar-refractivity contribution in [1.29, 1.82) is 0 Å². The van der Waals surface area contributed by atoms with Crippen molar-refractivity contribution in [1.82, 2.24) is 4.90 Å². The first-order valence-electron chi connectivity index (χ1n) is 9.58. The summed E-state index contributed by atoms with van der Waals surface area (Å²) in [6.45, 7) is 3.14. The zero-order chi connectivity index (χ0) is 18.0. The maximum absolute atomic E-state index is 12.4. The predicted molar refractivity (Wildman–Crippen MR) is 99.3 cm³/mol. The van der Waals surface area contributed by atoms with E-state index in [4.69, 9.17) is 17.2 Å². The van der Waals surface area contributed by atoms with Gasteiger partial charge >= 0.3 is 0 Å². The molecule has 0 atom stereocenters. The molecule has 2 amide bonds. The van der Waals surface area contributed by atoms with Gasteiger partial charge in [0.05, 0.1) is 0 Å². The summed E-state index contributed by atoms with van der Waals surface area (Å²) in [5.74, 6) is -0.0868. The van der Waals surface area contributed by atoms with Crippen molar-refractivity contribution >= 4 is 11.8 Å². The lowest BCUT2D eigenvalue weighted by molar-refractivity contribution is -0.131. The van der Waals surface area contributed by atoms with Gasteiger partial charge in [-0.15, -0.1) is 0 Å². The number of hydrogen-bond acceptors (Lipinski definition) is 4. The van der Waals surface area contributed by atoms with E-state index in [1.807, 2.05) is 4.90 Å². The Morgan fingerprint density at radius 2 is 1.08 bits per heavy atom. The van der Waals surface area contributed by atoms with E-state index in [0.29, 0.717) is 19.3 Å². The quantitative estimate of drug-likeness (QED) is 0.350. The smallest absolute Gasteiger partial charge is 0.222 e. The first kappa shape index (κ1) is 22.9. The highest BCUT2D eigenvalue weighted by Crippen LogP contribution is 2.09. The molecule has 24 heavy (non-hydrogen) atoms. The molecule has 0 aliphatic carbocycles. The summed E-state index contributed by atoms with van der Waals surface area (Å²) in [5, 5.41) is 0. The molecule has 0 aromatic rings. The molecule has 0 saturated carbocycles. The summed E-state index contributed by atoms with van der Waals surface area (Å²) in [4.78, 5) is 25.1. The molecule has 0 unspecified atom stereocenters. The van der Waals surface area contributed by atoms with Crippen LogP contribution in [-0.2, 0) is 9.59 Å². The second-order valence-electron chi connectivity index (χ2n) is 6.46. The van der Waals surface area contributed by atoms with Gasteiger partial charge in [-0.2, -0.15) is 0 Å². The minimum Gasteiger partial charge on any atom is -0.370 e. The summed E-state index contributed by atoms with van der Waals surface area (Å²) in [5.41, 5.74) is 16.1. The monoisotopic (exact) mass is 342 g/mol. The molecule has 142 valence electrons. The molecule has 0 fully saturated rings. The van der Waals surface area contributed by atoms with Crippen LogP contribution in [0, 0.1) is 0 Å². The van der Waals surface area contributed by atoms with E-state index < -0.39 is 0 Å². The van der Waals surface area contributed by atoms with Crippen LogP contribution in [0.4, 0.5) is 0 Å². The Morgan fingerprint density at radius 1 is 0.625 bits per heavy atom. The maximum atomic E-state index is 12.4. The molecule has 0 heterocycles. The van der Waals surface area contributed by atoms with Crippen LogP contribution in [0.25, 0.3) is 0 Å². The predicted octanol–water partition coefficient (Wildman–Crippen LogP) is 1.90. The van der Waals surface area contributed by atoms with Gasteiger partial charge in [0.25, 0.3) is 0 Å². The number of carbonyl (C=O) groups is 2. The van der Waals surface area contributed by atoms with Crippen LogP contribution in [0.5, 0.6) is 0 Å². The number of hydrogen-bond donors (Lipinski definition) is 3. The molecule has 0 saturated heterocycles. The maximum Gasteiger partial charge on any atom is 0.222 e. The van der Waals surface area contributed by atoms with E-state index in [1.165, 1.54) is 0 Å². The van der Waals surface area contributed by atoms with Gasteiger partial charge in [0.1, 0.15) is 0 Å². The van der Waals surface area contributed by atoms with Gasteiger partial charge in [-0.05, 0) is 51.6 Å². The van der Waals surface area contributed by atoms with E-state index >= 15 is 0 Å². The summed E-state index contributed by atoms with van der Waals surface area (Å²) in [6, 6.07) is 0. The Hall–Kier alpha value is -1.14. The molecule has 6 N–H and O–H groups in total. The standard InChI is InChI=1S/C18H38N4O2/c19-13-7-1-3-9-15-22(16-10-4-2-8-14-20)18(24)12-6-5-11-17(21)23/h1-16,19-20H2,(H2,21,23). The average molecular weight is 343 g/mol. The topological polar surface area (TPSA) is 115 Å². The Balaban J connectivity index is 4.07. The van der Waals surface area contributed by atoms with Gasteiger partial charge in [0.15, 0.2) is 0 Å². The Bertz CT molecular complexity index is 310. The van der Waals surface area contributed by atoms with Gasteiger partial charge in [-0.3, -0.25) is 9.59 Å². The summed E-state index contributed by atoms with van der Waals surface area (Å²) < 4.78 is 0. The molecular weight excluding hydrogens is 304 g/mol. The van der Waals surface area contributed by atoms with Crippen molar-refractivity contribution in [3.8, 4) is 0 Å². The van der Waals surface area contributed by atoms with Crippen molar-refractivity contribution in [3.63, 3.8) is 0 Å². The molecule has 0 rings (SSSR count). The zero-order valence-electron chi connectivity index (χ0n) is 15.3. The van der Waals surface area contributed by atoms with Crippen LogP contribution in [0.3, 0.4) is 0 Å². The molecule has 0 aromatic heterocycles. The van der Waals surface area contributed by atoms with Crippen LogP contribution in [-0.4, -0.2) is 42.9 Å². The van der Waals surface area contributed by atoms with Crippen molar-refractivity contribution in [2.45, 2.75) is 77.0 Å². The SMILES string of the molecule is NCCCCCCN(CCCCCCN)C(=O)CCCCC(N)=O. The van der Waals surface area contributed by atoms with Crippen molar-refractivity contribution in [3.05, 3.63) is 0 Å². The first-order chi connectivity index (χ1) is 11.6. The Labute approximate surface area is 147 Å². The third kappa shape index (κ3) is 14.5. The zero-order valence-corrected chi connectivity index (χ0v) is 15.3. The van der Waals surface area contributed by atoms with E-state index in [2.05, 4.69) is 0 Å². The fourth-order valence-corrected chi connectivity index (χ4v) is 2.70. The highest BCUT2D eigenvalue weighted by atomic mass is 16.2. The number of primary amides is 1. The summed E-state index contributed by atoms with van der Waals surface area (Å²) >= 11 is 0. The van der Waals surface area contributed by atoms with Crippen molar-refractivity contribution in [2.75, 3.05) is 26.2 Å². The molecular formula is C18H38N4O2. The number of nitrogens with zero attached hydrogens (tertiary/aromatic N) is 1. The normalized spacial score (nSPS) is 10.8. The minimum atomic E-state index is -0.292. The van der Waals surface area contributed by atoms with E-state index in [1.54, 1.807) is 0 Å². The van der Waals surface area contributed by atoms with E-state index in [0.717, 1.165) is 84.0 Å². The van der Waals surface area contributed by atoms with Gasteiger partial charge in [-0.25, -0.2) is 0 Å². The Kier molecular flexibility index (Phi) is 15.9. The first-order valence-corrected chi connectivity index (χ1v) is 9.58. The van der Waals surface area contributed by atoms with Crippen LogP contribution in [0.2, 0.25) is 0 Å². The second-order valence-corrected chi connectivity index (χ2v) is 6.46. The fourth-order valence-electron chi connectivity index (χ4n) is 2.70. The Morgan fingerprint density at radius 3 is 1.54 bits per heavy atom. The third-order valence-electron chi connectivity index (χ3n) is 4.18. The van der Waals surface area contributed by atoms with Crippen LogP contribution < -0.4 is 17.2 Å². The minimum absolute atomic E-state index is 0.206. The lowest BCUT2D eigenvalue weighted by Crippen LogP contribution is -2.33. The molecule has 6 nitrogen and oxygen atoms in total. The molecule has 0 bridgehead atoms. The molecule has 0 aliphatic heterocycles. The average Bonchev–Trinajstić information content (AvgIpc) is 2.56. The van der Waals surface area contributed by atoms with Crippen LogP contribution >= 0.6 is 0 Å². The third-order valence-corrected chi connectivity index (χ3v) is 4.18. The van der Waals surface area contributed by atoms with Gasteiger partial charge in [0, 0.05) is 25.9 Å². The summed E-state index contributed by atoms with van der Waals surface area (Å²) in [6.07, 6.45) is 11.0. The number of unbranched alkanes of at least 4 members (excludes halogenated alkanes) is 7. The van der Waals surface area contributed by atoms with Crippen LogP contribution in [0.1, 0.15) is 77.0 Å². The molecule has 6 heteroatoms. The lowest BCUT2D eigenvalue weighted by atomic mass is 10.1. The van der Waals surface area contributed by atoms with E-state index in [-0.39, 0.29) is 11.8 Å². The summed E-state index contributed by atoms with van der Waals surface area (Å²) in [7, 11) is 0. The molecule has 0 spiro atoms. The largest absolute Gasteiger partial charge is 0.370 e. The molecule has 0 aliphatic rings. The van der Waals surface area contributed by atoms with Crippen molar-refractivity contribution in [2.24, 2.45) is 17.2 Å². The fraction of sp³-hybridized carbons (Fsp3) is 0.889. The van der Waals surface area contributed by atoms with E-state index in [9.17, 15) is 9.59 Å². The number of rotatable bonds is 17. The molecule has 0 radical (unpaired) electrons. The number of amides is 2. The number of carbonyl (C=O) groups excluding carboxylic acids is 2. The van der Waals surface area contributed by atoms with Crippen LogP contribution in [0.15, 0.2) is 0 Å². The second kappa shape index (κ2) is 16.7. The van der Waals surface area contributed by atoms with Gasteiger partial charge in [-0.1, -0.05) is 25.7 Å². The van der Waals surface area contributed by atoms with Gasteiger partial charge < -0.3 is 22.1 Å².